The third-order valence-electron chi connectivity index (χ3n) is 6.03. The topological polar surface area (TPSA) is 84.8 Å². The van der Waals surface area contributed by atoms with Gasteiger partial charge in [-0.3, -0.25) is 4.90 Å². The zero-order valence-electron chi connectivity index (χ0n) is 18.1. The number of aryl methyl sites for hydroxylation is 1. The maximum Gasteiger partial charge on any atom is 0.223 e. The highest BCUT2D eigenvalue weighted by Crippen LogP contribution is 2.28. The van der Waals surface area contributed by atoms with Crippen molar-refractivity contribution in [1.29, 1.82) is 0 Å². The summed E-state index contributed by atoms with van der Waals surface area (Å²) in [4.78, 5) is 14.2. The average molecular weight is 418 g/mol. The largest absolute Gasteiger partial charge is 0.494 e. The zero-order valence-corrected chi connectivity index (χ0v) is 18.1. The number of benzene rings is 2. The molecular formula is C23H27N7O. The van der Waals surface area contributed by atoms with E-state index in [-0.39, 0.29) is 0 Å². The summed E-state index contributed by atoms with van der Waals surface area (Å²) in [5, 5.41) is 5.54. The van der Waals surface area contributed by atoms with Crippen LogP contribution in [0, 0.1) is 6.92 Å². The second-order valence-corrected chi connectivity index (χ2v) is 8.19. The molecule has 4 aromatic rings. The van der Waals surface area contributed by atoms with Gasteiger partial charge in [0.1, 0.15) is 11.3 Å². The fourth-order valence-electron chi connectivity index (χ4n) is 4.37. The first kappa shape index (κ1) is 19.6. The monoisotopic (exact) mass is 417 g/mol. The molecule has 8 heteroatoms. The second-order valence-electron chi connectivity index (χ2n) is 8.19. The molecule has 31 heavy (non-hydrogen) atoms. The Morgan fingerprint density at radius 1 is 1.13 bits per heavy atom. The van der Waals surface area contributed by atoms with Gasteiger partial charge in [0.15, 0.2) is 11.5 Å². The normalized spacial score (nSPS) is 17.5. The summed E-state index contributed by atoms with van der Waals surface area (Å²) in [6, 6.07) is 14.9. The summed E-state index contributed by atoms with van der Waals surface area (Å²) in [6.07, 6.45) is 0. The number of methoxy groups -OCH3 is 1. The van der Waals surface area contributed by atoms with Gasteiger partial charge in [-0.15, -0.1) is 5.10 Å². The van der Waals surface area contributed by atoms with Gasteiger partial charge in [-0.05, 0) is 43.7 Å². The number of aromatic nitrogens is 4. The van der Waals surface area contributed by atoms with Gasteiger partial charge in [0.25, 0.3) is 0 Å². The number of anilines is 2. The molecular weight excluding hydrogens is 390 g/mol. The second kappa shape index (κ2) is 7.70. The van der Waals surface area contributed by atoms with Gasteiger partial charge in [-0.2, -0.15) is 4.52 Å². The first-order valence-electron chi connectivity index (χ1n) is 10.6. The van der Waals surface area contributed by atoms with Crippen LogP contribution in [-0.4, -0.2) is 57.3 Å². The van der Waals surface area contributed by atoms with Crippen molar-refractivity contribution in [2.45, 2.75) is 26.4 Å². The van der Waals surface area contributed by atoms with Crippen LogP contribution in [0.2, 0.25) is 0 Å². The number of nitrogen functional groups attached to an aromatic ring is 1. The predicted octanol–water partition coefficient (Wildman–Crippen LogP) is 2.89. The van der Waals surface area contributed by atoms with Gasteiger partial charge in [0.2, 0.25) is 5.95 Å². The standard InChI is InChI=1S/C23H27N7O/c1-15-6-4-7-17(12-15)29-11-10-28(16(2)13-29)14-20-25-22-18-8-5-9-19(31-3)21(18)26-23(24)30(22)27-20/h4-9,12,16H,10-11,13-14H2,1-3H3,(H2,24,26)/t16-/m1/s1. The molecule has 0 bridgehead atoms. The molecule has 1 fully saturated rings. The Kier molecular flexibility index (Phi) is 4.86. The minimum atomic E-state index is 0.308. The molecule has 0 aliphatic carbocycles. The molecule has 1 aliphatic heterocycles. The zero-order chi connectivity index (χ0) is 21.5. The lowest BCUT2D eigenvalue weighted by molar-refractivity contribution is 0.177. The van der Waals surface area contributed by atoms with Crippen LogP contribution < -0.4 is 15.4 Å². The number of para-hydroxylation sites is 1. The van der Waals surface area contributed by atoms with Crippen molar-refractivity contribution in [1.82, 2.24) is 24.5 Å². The third-order valence-corrected chi connectivity index (χ3v) is 6.03. The Bertz CT molecular complexity index is 1250. The van der Waals surface area contributed by atoms with Gasteiger partial charge < -0.3 is 15.4 Å². The van der Waals surface area contributed by atoms with Crippen molar-refractivity contribution in [2.75, 3.05) is 37.4 Å². The Labute approximate surface area is 181 Å². The van der Waals surface area contributed by atoms with Crippen molar-refractivity contribution in [3.05, 3.63) is 53.9 Å². The van der Waals surface area contributed by atoms with Crippen LogP contribution >= 0.6 is 0 Å². The Hall–Kier alpha value is -3.39. The van der Waals surface area contributed by atoms with Crippen LogP contribution in [0.3, 0.4) is 0 Å². The molecule has 0 amide bonds. The third kappa shape index (κ3) is 3.53. The van der Waals surface area contributed by atoms with E-state index in [1.807, 2.05) is 18.2 Å². The molecule has 0 radical (unpaired) electrons. The van der Waals surface area contributed by atoms with Crippen molar-refractivity contribution in [2.24, 2.45) is 0 Å². The minimum absolute atomic E-state index is 0.308. The summed E-state index contributed by atoms with van der Waals surface area (Å²) < 4.78 is 7.07. The van der Waals surface area contributed by atoms with Crippen LogP contribution in [0.4, 0.5) is 11.6 Å². The lowest BCUT2D eigenvalue weighted by Gasteiger charge is -2.40. The van der Waals surface area contributed by atoms with E-state index in [0.717, 1.165) is 30.8 Å². The van der Waals surface area contributed by atoms with E-state index in [1.54, 1.807) is 11.6 Å². The summed E-state index contributed by atoms with van der Waals surface area (Å²) >= 11 is 0. The summed E-state index contributed by atoms with van der Waals surface area (Å²) in [6.45, 7) is 7.97. The quantitative estimate of drug-likeness (QED) is 0.546. The predicted molar refractivity (Wildman–Crippen MR) is 123 cm³/mol. The number of rotatable bonds is 4. The molecule has 8 nitrogen and oxygen atoms in total. The van der Waals surface area contributed by atoms with E-state index in [0.29, 0.717) is 35.4 Å². The van der Waals surface area contributed by atoms with Gasteiger partial charge in [0.05, 0.1) is 13.7 Å². The Morgan fingerprint density at radius 2 is 1.97 bits per heavy atom. The van der Waals surface area contributed by atoms with Crippen LogP contribution in [0.15, 0.2) is 42.5 Å². The number of piperazine rings is 1. The molecule has 2 aromatic carbocycles. The van der Waals surface area contributed by atoms with Crippen LogP contribution in [0.1, 0.15) is 18.3 Å². The maximum absolute atomic E-state index is 6.19. The highest BCUT2D eigenvalue weighted by atomic mass is 16.5. The van der Waals surface area contributed by atoms with Gasteiger partial charge >= 0.3 is 0 Å². The SMILES string of the molecule is COc1cccc2c1nc(N)n1nc(CN3CCN(c4cccc(C)c4)C[C@H]3C)nc21. The lowest BCUT2D eigenvalue weighted by atomic mass is 10.1. The van der Waals surface area contributed by atoms with Gasteiger partial charge in [-0.25, -0.2) is 9.97 Å². The molecule has 1 atom stereocenters. The molecule has 5 rings (SSSR count). The molecule has 0 unspecified atom stereocenters. The van der Waals surface area contributed by atoms with Gasteiger partial charge in [0, 0.05) is 36.7 Å². The van der Waals surface area contributed by atoms with Crippen molar-refractivity contribution in [3.63, 3.8) is 0 Å². The molecule has 1 aliphatic rings. The van der Waals surface area contributed by atoms with E-state index in [9.17, 15) is 0 Å². The first-order chi connectivity index (χ1) is 15.0. The van der Waals surface area contributed by atoms with Crippen LogP contribution in [0.25, 0.3) is 16.6 Å². The highest BCUT2D eigenvalue weighted by molar-refractivity contribution is 5.95. The smallest absolute Gasteiger partial charge is 0.223 e. The molecule has 0 saturated carbocycles. The molecule has 160 valence electrons. The van der Waals surface area contributed by atoms with Crippen LogP contribution in [-0.2, 0) is 6.54 Å². The van der Waals surface area contributed by atoms with E-state index >= 15 is 0 Å². The van der Waals surface area contributed by atoms with Crippen LogP contribution in [0.5, 0.6) is 5.75 Å². The number of ether oxygens (including phenoxy) is 1. The number of hydrogen-bond acceptors (Lipinski definition) is 7. The van der Waals surface area contributed by atoms with E-state index in [2.05, 4.69) is 58.0 Å². The Morgan fingerprint density at radius 3 is 2.74 bits per heavy atom. The summed E-state index contributed by atoms with van der Waals surface area (Å²) in [5.74, 6) is 1.74. The average Bonchev–Trinajstić information content (AvgIpc) is 3.20. The van der Waals surface area contributed by atoms with E-state index in [4.69, 9.17) is 15.5 Å². The lowest BCUT2D eigenvalue weighted by Crippen LogP contribution is -2.51. The van der Waals surface area contributed by atoms with Crippen molar-refractivity contribution in [3.8, 4) is 5.75 Å². The molecule has 1 saturated heterocycles. The molecule has 2 N–H and O–H groups in total. The Balaban J connectivity index is 1.40. The highest BCUT2D eigenvalue weighted by Gasteiger charge is 2.25. The van der Waals surface area contributed by atoms with Gasteiger partial charge in [-0.1, -0.05) is 18.2 Å². The number of fused-ring (bicyclic) bond motifs is 3. The number of hydrogen-bond donors (Lipinski definition) is 1. The summed E-state index contributed by atoms with van der Waals surface area (Å²) in [7, 11) is 1.63. The summed E-state index contributed by atoms with van der Waals surface area (Å²) in [5.41, 5.74) is 10.2. The van der Waals surface area contributed by atoms with Crippen molar-refractivity contribution >= 4 is 28.2 Å². The number of nitrogens with zero attached hydrogens (tertiary/aromatic N) is 6. The first-order valence-corrected chi connectivity index (χ1v) is 10.6. The molecule has 0 spiro atoms. The van der Waals surface area contributed by atoms with E-state index in [1.165, 1.54) is 11.3 Å². The maximum atomic E-state index is 6.19. The fourth-order valence-corrected chi connectivity index (χ4v) is 4.37. The number of nitrogens with two attached hydrogens (primary N) is 1. The fraction of sp³-hybridized carbons (Fsp3) is 0.348. The minimum Gasteiger partial charge on any atom is -0.494 e. The van der Waals surface area contributed by atoms with Crippen molar-refractivity contribution < 1.29 is 4.74 Å². The molecule has 3 heterocycles. The van der Waals surface area contributed by atoms with E-state index < -0.39 is 0 Å². The molecule has 2 aromatic heterocycles.